The molecule has 154 valence electrons. The number of carbonyl (C=O) groups excluding carboxylic acids is 1. The van der Waals surface area contributed by atoms with Crippen LogP contribution in [0.2, 0.25) is 5.02 Å². The highest BCUT2D eigenvalue weighted by Crippen LogP contribution is 2.28. The Balaban J connectivity index is 2.83. The van der Waals surface area contributed by atoms with Gasteiger partial charge in [-0.2, -0.15) is 0 Å². The summed E-state index contributed by atoms with van der Waals surface area (Å²) in [5.74, 6) is -1.31. The molecular weight excluding hydrogens is 364 g/mol. The lowest BCUT2D eigenvalue weighted by Crippen LogP contribution is -2.39. The molecule has 0 amide bonds. The van der Waals surface area contributed by atoms with Crippen molar-refractivity contribution in [1.29, 1.82) is 0 Å². The van der Waals surface area contributed by atoms with Crippen molar-refractivity contribution in [3.63, 3.8) is 0 Å². The van der Waals surface area contributed by atoms with Crippen LogP contribution in [0.4, 0.5) is 0 Å². The van der Waals surface area contributed by atoms with E-state index in [9.17, 15) is 9.90 Å². The smallest absolute Gasteiger partial charge is 0.311 e. The normalized spacial score (nSPS) is 14.7. The summed E-state index contributed by atoms with van der Waals surface area (Å²) < 4.78 is 11.5. The first-order valence-corrected chi connectivity index (χ1v) is 10.2. The van der Waals surface area contributed by atoms with Gasteiger partial charge in [0.1, 0.15) is 0 Å². The van der Waals surface area contributed by atoms with Crippen LogP contribution in [0, 0.1) is 11.3 Å². The van der Waals surface area contributed by atoms with Gasteiger partial charge in [0.2, 0.25) is 0 Å². The topological polar surface area (TPSA) is 55.8 Å². The van der Waals surface area contributed by atoms with Crippen molar-refractivity contribution in [1.82, 2.24) is 0 Å². The van der Waals surface area contributed by atoms with E-state index < -0.39 is 11.2 Å². The number of aliphatic hydroxyl groups is 1. The second-order valence-electron chi connectivity index (χ2n) is 8.26. The summed E-state index contributed by atoms with van der Waals surface area (Å²) in [5, 5.41) is 11.4. The van der Waals surface area contributed by atoms with E-state index in [1.807, 2.05) is 58.9 Å². The van der Waals surface area contributed by atoms with Crippen LogP contribution in [0.25, 0.3) is 0 Å². The summed E-state index contributed by atoms with van der Waals surface area (Å²) in [6.45, 7) is 11.6. The molecule has 0 aromatic heterocycles. The molecule has 1 aromatic rings. The summed E-state index contributed by atoms with van der Waals surface area (Å²) in [6.07, 6.45) is 2.00. The minimum absolute atomic E-state index is 0.0999. The summed E-state index contributed by atoms with van der Waals surface area (Å²) >= 11 is 6.30. The molecule has 0 saturated carbocycles. The van der Waals surface area contributed by atoms with Crippen molar-refractivity contribution < 1.29 is 19.4 Å². The molecule has 2 atom stereocenters. The average molecular weight is 399 g/mol. The number of ether oxygens (including phenoxy) is 2. The van der Waals surface area contributed by atoms with Gasteiger partial charge >= 0.3 is 5.97 Å². The number of benzene rings is 1. The van der Waals surface area contributed by atoms with Crippen LogP contribution in [-0.2, 0) is 20.7 Å². The zero-order chi connectivity index (χ0) is 20.7. The zero-order valence-electron chi connectivity index (χ0n) is 17.5. The first-order chi connectivity index (χ1) is 12.5. The Labute approximate surface area is 169 Å². The molecule has 0 unspecified atom stereocenters. The zero-order valence-corrected chi connectivity index (χ0v) is 18.3. The third-order valence-corrected chi connectivity index (χ3v) is 5.23. The Morgan fingerprint density at radius 1 is 1.19 bits per heavy atom. The van der Waals surface area contributed by atoms with Crippen LogP contribution in [0.15, 0.2) is 24.3 Å². The molecule has 0 heterocycles. The first-order valence-electron chi connectivity index (χ1n) is 9.83. The second-order valence-corrected chi connectivity index (χ2v) is 8.66. The summed E-state index contributed by atoms with van der Waals surface area (Å²) in [6, 6.07) is 7.74. The van der Waals surface area contributed by atoms with Crippen LogP contribution >= 0.6 is 11.6 Å². The van der Waals surface area contributed by atoms with E-state index in [0.29, 0.717) is 19.3 Å². The Bertz CT molecular complexity index is 590. The lowest BCUT2D eigenvalue weighted by molar-refractivity contribution is -0.244. The Kier molecular flexibility index (Phi) is 9.26. The van der Waals surface area contributed by atoms with Crippen LogP contribution in [0.3, 0.4) is 0 Å². The fourth-order valence-electron chi connectivity index (χ4n) is 2.78. The maximum Gasteiger partial charge on any atom is 0.311 e. The maximum absolute atomic E-state index is 12.0. The molecule has 27 heavy (non-hydrogen) atoms. The molecule has 1 N–H and O–H groups in total. The quantitative estimate of drug-likeness (QED) is 0.424. The van der Waals surface area contributed by atoms with Crippen LogP contribution in [0.1, 0.15) is 66.4 Å². The Morgan fingerprint density at radius 2 is 1.78 bits per heavy atom. The average Bonchev–Trinajstić information content (AvgIpc) is 2.61. The van der Waals surface area contributed by atoms with Gasteiger partial charge in [0.25, 0.3) is 0 Å². The summed E-state index contributed by atoms with van der Waals surface area (Å²) in [7, 11) is 0. The van der Waals surface area contributed by atoms with Crippen molar-refractivity contribution in [2.45, 2.75) is 79.1 Å². The molecule has 0 spiro atoms. The van der Waals surface area contributed by atoms with Gasteiger partial charge in [-0.05, 0) is 57.6 Å². The molecule has 1 aromatic carbocycles. The lowest BCUT2D eigenvalue weighted by Gasteiger charge is -2.34. The van der Waals surface area contributed by atoms with Crippen molar-refractivity contribution in [2.75, 3.05) is 6.61 Å². The SMILES string of the molecule is CCC(O)(CC)O[C@@H](CCOC(=O)C(C)(C)C)[C@@H](C)Cc1ccccc1Cl. The molecule has 0 aliphatic heterocycles. The molecule has 5 heteroatoms. The molecule has 0 aliphatic rings. The van der Waals surface area contributed by atoms with E-state index in [-0.39, 0.29) is 24.6 Å². The van der Waals surface area contributed by atoms with Crippen LogP contribution in [0.5, 0.6) is 0 Å². The third kappa shape index (κ3) is 7.81. The molecule has 0 aliphatic carbocycles. The van der Waals surface area contributed by atoms with Gasteiger partial charge in [0.05, 0.1) is 18.1 Å². The first kappa shape index (κ1) is 23.9. The number of carbonyl (C=O) groups is 1. The van der Waals surface area contributed by atoms with E-state index >= 15 is 0 Å². The van der Waals surface area contributed by atoms with Crippen LogP contribution < -0.4 is 0 Å². The van der Waals surface area contributed by atoms with Crippen molar-refractivity contribution in [3.05, 3.63) is 34.9 Å². The fourth-order valence-corrected chi connectivity index (χ4v) is 3.00. The summed E-state index contributed by atoms with van der Waals surface area (Å²) in [5.41, 5.74) is 0.510. The van der Waals surface area contributed by atoms with Gasteiger partial charge in [-0.15, -0.1) is 0 Å². The molecule has 0 bridgehead atoms. The highest BCUT2D eigenvalue weighted by atomic mass is 35.5. The standard InChI is InChI=1S/C22H35ClO4/c1-7-22(25,8-2)27-19(13-14-26-20(24)21(4,5)6)16(3)15-17-11-9-10-12-18(17)23/h9-12,16,19,25H,7-8,13-15H2,1-6H3/t16-,19-/m0/s1. The summed E-state index contributed by atoms with van der Waals surface area (Å²) in [4.78, 5) is 12.0. The molecule has 0 radical (unpaired) electrons. The van der Waals surface area contributed by atoms with E-state index in [1.54, 1.807) is 0 Å². The van der Waals surface area contributed by atoms with Gasteiger partial charge in [-0.1, -0.05) is 50.6 Å². The van der Waals surface area contributed by atoms with Gasteiger partial charge < -0.3 is 14.6 Å². The number of rotatable bonds is 10. The second kappa shape index (κ2) is 10.4. The van der Waals surface area contributed by atoms with E-state index in [1.165, 1.54) is 0 Å². The highest BCUT2D eigenvalue weighted by molar-refractivity contribution is 6.31. The highest BCUT2D eigenvalue weighted by Gasteiger charge is 2.31. The minimum atomic E-state index is -1.17. The number of halogens is 1. The predicted octanol–water partition coefficient (Wildman–Crippen LogP) is 5.39. The molecule has 1 rings (SSSR count). The molecule has 0 saturated heterocycles. The number of hydrogen-bond donors (Lipinski definition) is 1. The minimum Gasteiger partial charge on any atom is -0.465 e. The van der Waals surface area contributed by atoms with E-state index in [4.69, 9.17) is 21.1 Å². The number of esters is 1. The lowest BCUT2D eigenvalue weighted by atomic mass is 9.93. The van der Waals surface area contributed by atoms with E-state index in [2.05, 4.69) is 6.92 Å². The van der Waals surface area contributed by atoms with Gasteiger partial charge in [0, 0.05) is 11.4 Å². The van der Waals surface area contributed by atoms with Gasteiger partial charge in [-0.3, -0.25) is 4.79 Å². The van der Waals surface area contributed by atoms with Crippen LogP contribution in [-0.4, -0.2) is 29.6 Å². The Hall–Kier alpha value is -1.10. The largest absolute Gasteiger partial charge is 0.465 e. The number of hydrogen-bond acceptors (Lipinski definition) is 4. The van der Waals surface area contributed by atoms with E-state index in [0.717, 1.165) is 17.0 Å². The predicted molar refractivity (Wildman–Crippen MR) is 110 cm³/mol. The fraction of sp³-hybridized carbons (Fsp3) is 0.682. The third-order valence-electron chi connectivity index (χ3n) is 4.86. The molecule has 4 nitrogen and oxygen atoms in total. The van der Waals surface area contributed by atoms with Gasteiger partial charge in [0.15, 0.2) is 5.79 Å². The van der Waals surface area contributed by atoms with Crippen molar-refractivity contribution in [3.8, 4) is 0 Å². The monoisotopic (exact) mass is 398 g/mol. The van der Waals surface area contributed by atoms with Gasteiger partial charge in [-0.25, -0.2) is 0 Å². The van der Waals surface area contributed by atoms with Crippen molar-refractivity contribution in [2.24, 2.45) is 11.3 Å². The molecular formula is C22H35ClO4. The Morgan fingerprint density at radius 3 is 2.30 bits per heavy atom. The van der Waals surface area contributed by atoms with Crippen molar-refractivity contribution >= 4 is 17.6 Å². The molecule has 0 fully saturated rings. The maximum atomic E-state index is 12.0.